The third kappa shape index (κ3) is 4.64. The van der Waals surface area contributed by atoms with Gasteiger partial charge < -0.3 is 4.98 Å². The van der Waals surface area contributed by atoms with Gasteiger partial charge in [0, 0.05) is 15.6 Å². The molecule has 0 unspecified atom stereocenters. The predicted molar refractivity (Wildman–Crippen MR) is 90.7 cm³/mol. The average Bonchev–Trinajstić information content (AvgIpc) is 2.92. The molecule has 0 radical (unpaired) electrons. The van der Waals surface area contributed by atoms with E-state index < -0.39 is 5.91 Å². The van der Waals surface area contributed by atoms with Crippen molar-refractivity contribution in [2.75, 3.05) is 5.75 Å². The number of aromatic amines is 1. The highest BCUT2D eigenvalue weighted by Gasteiger charge is 2.10. The largest absolute Gasteiger partial charge is 0.356 e. The fourth-order valence-electron chi connectivity index (χ4n) is 1.74. The van der Waals surface area contributed by atoms with Gasteiger partial charge in [-0.2, -0.15) is 0 Å². The molecule has 0 saturated heterocycles. The number of carbonyl (C=O) groups excluding carboxylic acids is 2. The quantitative estimate of drug-likeness (QED) is 0.562. The lowest BCUT2D eigenvalue weighted by Gasteiger charge is -2.08. The zero-order chi connectivity index (χ0) is 16.1. The van der Waals surface area contributed by atoms with Crippen molar-refractivity contribution in [2.45, 2.75) is 18.7 Å². The lowest BCUT2D eigenvalue weighted by Crippen LogP contribution is -2.42. The molecule has 0 saturated carbocycles. The maximum atomic E-state index is 11.8. The standard InChI is InChI=1S/C15H16BrN3O2S/c1-9-3-4-10(2)13(5-9)22-8-14(20)18-19-15(21)12-6-11(16)7-17-12/h3-7,17H,8H2,1-2H3,(H,18,20)(H,19,21). The normalized spacial score (nSPS) is 10.3. The Bertz CT molecular complexity index is 700. The van der Waals surface area contributed by atoms with Gasteiger partial charge in [-0.25, -0.2) is 0 Å². The number of hydrogen-bond acceptors (Lipinski definition) is 3. The van der Waals surface area contributed by atoms with Crippen LogP contribution in [0.1, 0.15) is 21.6 Å². The smallest absolute Gasteiger partial charge is 0.286 e. The zero-order valence-corrected chi connectivity index (χ0v) is 14.6. The van der Waals surface area contributed by atoms with E-state index in [1.807, 2.05) is 32.0 Å². The van der Waals surface area contributed by atoms with Gasteiger partial charge in [-0.15, -0.1) is 11.8 Å². The average molecular weight is 382 g/mol. The summed E-state index contributed by atoms with van der Waals surface area (Å²) in [5, 5.41) is 0. The van der Waals surface area contributed by atoms with Crippen LogP contribution in [0.2, 0.25) is 0 Å². The van der Waals surface area contributed by atoms with Crippen molar-refractivity contribution >= 4 is 39.5 Å². The molecule has 5 nitrogen and oxygen atoms in total. The molecule has 0 aliphatic carbocycles. The number of aromatic nitrogens is 1. The van der Waals surface area contributed by atoms with Gasteiger partial charge in [0.25, 0.3) is 5.91 Å². The van der Waals surface area contributed by atoms with Crippen molar-refractivity contribution in [1.29, 1.82) is 0 Å². The monoisotopic (exact) mass is 381 g/mol. The van der Waals surface area contributed by atoms with Gasteiger partial charge in [-0.05, 0) is 47.5 Å². The molecule has 0 aliphatic heterocycles. The first-order valence-corrected chi connectivity index (χ1v) is 8.36. The van der Waals surface area contributed by atoms with Gasteiger partial charge in [0.1, 0.15) is 5.69 Å². The Kier molecular flexibility index (Phi) is 5.68. The molecule has 0 atom stereocenters. The number of aryl methyl sites for hydroxylation is 2. The zero-order valence-electron chi connectivity index (χ0n) is 12.2. The lowest BCUT2D eigenvalue weighted by atomic mass is 10.2. The van der Waals surface area contributed by atoms with E-state index in [1.165, 1.54) is 11.8 Å². The molecule has 1 aromatic heterocycles. The number of carbonyl (C=O) groups is 2. The lowest BCUT2D eigenvalue weighted by molar-refractivity contribution is -0.119. The molecule has 0 fully saturated rings. The summed E-state index contributed by atoms with van der Waals surface area (Å²) >= 11 is 4.68. The van der Waals surface area contributed by atoms with Crippen molar-refractivity contribution in [2.24, 2.45) is 0 Å². The maximum Gasteiger partial charge on any atom is 0.286 e. The summed E-state index contributed by atoms with van der Waals surface area (Å²) in [5.41, 5.74) is 7.42. The Morgan fingerprint density at radius 2 is 2.00 bits per heavy atom. The van der Waals surface area contributed by atoms with E-state index in [0.717, 1.165) is 20.5 Å². The van der Waals surface area contributed by atoms with Gasteiger partial charge >= 0.3 is 0 Å². The number of benzene rings is 1. The number of thioether (sulfide) groups is 1. The summed E-state index contributed by atoms with van der Waals surface area (Å²) in [6.07, 6.45) is 1.65. The summed E-state index contributed by atoms with van der Waals surface area (Å²) in [4.78, 5) is 27.4. The molecule has 0 bridgehead atoms. The third-order valence-electron chi connectivity index (χ3n) is 2.91. The van der Waals surface area contributed by atoms with Crippen molar-refractivity contribution in [3.63, 3.8) is 0 Å². The Labute approximate surface area is 141 Å². The Hall–Kier alpha value is -1.73. The molecule has 0 aliphatic rings. The third-order valence-corrected chi connectivity index (χ3v) is 4.53. The van der Waals surface area contributed by atoms with E-state index in [2.05, 4.69) is 31.8 Å². The summed E-state index contributed by atoms with van der Waals surface area (Å²) in [6, 6.07) is 7.74. The first-order chi connectivity index (χ1) is 10.5. The van der Waals surface area contributed by atoms with E-state index in [9.17, 15) is 9.59 Å². The molecule has 0 spiro atoms. The second kappa shape index (κ2) is 7.51. The fraction of sp³-hybridized carbons (Fsp3) is 0.200. The van der Waals surface area contributed by atoms with Crippen LogP contribution in [0.25, 0.3) is 0 Å². The van der Waals surface area contributed by atoms with Gasteiger partial charge in [-0.3, -0.25) is 20.4 Å². The van der Waals surface area contributed by atoms with Crippen LogP contribution in [0, 0.1) is 13.8 Å². The molecule has 1 aromatic carbocycles. The first-order valence-electron chi connectivity index (χ1n) is 6.59. The Morgan fingerprint density at radius 1 is 1.23 bits per heavy atom. The number of hydrogen-bond donors (Lipinski definition) is 3. The minimum absolute atomic E-state index is 0.235. The highest BCUT2D eigenvalue weighted by atomic mass is 79.9. The summed E-state index contributed by atoms with van der Waals surface area (Å²) in [5.74, 6) is -0.417. The number of nitrogens with one attached hydrogen (secondary N) is 3. The van der Waals surface area contributed by atoms with Crippen LogP contribution in [-0.4, -0.2) is 22.6 Å². The van der Waals surface area contributed by atoms with Gasteiger partial charge in [0.15, 0.2) is 0 Å². The van der Waals surface area contributed by atoms with Crippen molar-refractivity contribution < 1.29 is 9.59 Å². The van der Waals surface area contributed by atoms with Crippen molar-refractivity contribution in [1.82, 2.24) is 15.8 Å². The fourth-order valence-corrected chi connectivity index (χ4v) is 3.00. The summed E-state index contributed by atoms with van der Waals surface area (Å²) < 4.78 is 0.773. The number of H-pyrrole nitrogens is 1. The van der Waals surface area contributed by atoms with E-state index >= 15 is 0 Å². The van der Waals surface area contributed by atoms with Crippen molar-refractivity contribution in [3.8, 4) is 0 Å². The molecule has 116 valence electrons. The minimum Gasteiger partial charge on any atom is -0.356 e. The van der Waals surface area contributed by atoms with Crippen LogP contribution in [0.5, 0.6) is 0 Å². The van der Waals surface area contributed by atoms with Gasteiger partial charge in [-0.1, -0.05) is 17.7 Å². The molecular weight excluding hydrogens is 366 g/mol. The highest BCUT2D eigenvalue weighted by Crippen LogP contribution is 2.23. The SMILES string of the molecule is Cc1ccc(C)c(SCC(=O)NNC(=O)c2cc(Br)c[nH]2)c1. The first kappa shape index (κ1) is 16.6. The molecule has 2 amide bonds. The number of hydrazine groups is 1. The van der Waals surface area contributed by atoms with E-state index in [4.69, 9.17) is 0 Å². The Morgan fingerprint density at radius 3 is 2.68 bits per heavy atom. The van der Waals surface area contributed by atoms with Crippen LogP contribution in [-0.2, 0) is 4.79 Å². The van der Waals surface area contributed by atoms with E-state index in [0.29, 0.717) is 5.69 Å². The number of halogens is 1. The maximum absolute atomic E-state index is 11.8. The number of rotatable bonds is 4. The van der Waals surface area contributed by atoms with Crippen LogP contribution in [0.4, 0.5) is 0 Å². The molecule has 1 heterocycles. The molecule has 7 heteroatoms. The van der Waals surface area contributed by atoms with Gasteiger partial charge in [0.2, 0.25) is 5.91 Å². The van der Waals surface area contributed by atoms with Crippen LogP contribution < -0.4 is 10.9 Å². The number of amides is 2. The molecule has 22 heavy (non-hydrogen) atoms. The topological polar surface area (TPSA) is 74.0 Å². The molecule has 3 N–H and O–H groups in total. The van der Waals surface area contributed by atoms with Crippen LogP contribution in [0.3, 0.4) is 0 Å². The van der Waals surface area contributed by atoms with E-state index in [1.54, 1.807) is 12.3 Å². The van der Waals surface area contributed by atoms with Crippen LogP contribution >= 0.6 is 27.7 Å². The summed E-state index contributed by atoms with van der Waals surface area (Å²) in [7, 11) is 0. The summed E-state index contributed by atoms with van der Waals surface area (Å²) in [6.45, 7) is 4.02. The second-order valence-electron chi connectivity index (χ2n) is 4.79. The highest BCUT2D eigenvalue weighted by molar-refractivity contribution is 9.10. The second-order valence-corrected chi connectivity index (χ2v) is 6.72. The van der Waals surface area contributed by atoms with Crippen molar-refractivity contribution in [3.05, 3.63) is 51.8 Å². The molecular formula is C15H16BrN3O2S. The van der Waals surface area contributed by atoms with Gasteiger partial charge in [0.05, 0.1) is 5.75 Å². The Balaban J connectivity index is 1.81. The van der Waals surface area contributed by atoms with E-state index in [-0.39, 0.29) is 11.7 Å². The molecule has 2 rings (SSSR count). The predicted octanol–water partition coefficient (Wildman–Crippen LogP) is 2.95. The minimum atomic E-state index is -0.393. The molecule has 2 aromatic rings. The van der Waals surface area contributed by atoms with Crippen LogP contribution in [0.15, 0.2) is 39.8 Å².